The molecule has 0 amide bonds. The maximum absolute atomic E-state index is 9.49. The lowest BCUT2D eigenvalue weighted by Gasteiger charge is -2.30. The molecule has 1 aliphatic heterocycles. The van der Waals surface area contributed by atoms with Crippen LogP contribution in [0.25, 0.3) is 32.5 Å². The van der Waals surface area contributed by atoms with Gasteiger partial charge in [-0.25, -0.2) is 0 Å². The van der Waals surface area contributed by atoms with E-state index >= 15 is 0 Å². The Morgan fingerprint density at radius 2 is 2.06 bits per heavy atom. The van der Waals surface area contributed by atoms with E-state index in [1.165, 1.54) is 21.5 Å². The maximum atomic E-state index is 9.49. The summed E-state index contributed by atoms with van der Waals surface area (Å²) in [6.45, 7) is 6.90. The van der Waals surface area contributed by atoms with Crippen LogP contribution in [0.3, 0.4) is 0 Å². The van der Waals surface area contributed by atoms with Gasteiger partial charge in [0.2, 0.25) is 0 Å². The van der Waals surface area contributed by atoms with Crippen molar-refractivity contribution in [3.05, 3.63) is 34.7 Å². The van der Waals surface area contributed by atoms with Crippen molar-refractivity contribution in [3.8, 4) is 11.4 Å². The van der Waals surface area contributed by atoms with Crippen LogP contribution in [0.1, 0.15) is 36.1 Å². The molecular formula is C24H31N5O2S. The van der Waals surface area contributed by atoms with E-state index in [1.54, 1.807) is 18.4 Å². The van der Waals surface area contributed by atoms with E-state index in [9.17, 15) is 5.11 Å². The van der Waals surface area contributed by atoms with E-state index in [2.05, 4.69) is 51.5 Å². The predicted molar refractivity (Wildman–Crippen MR) is 132 cm³/mol. The molecule has 1 aliphatic rings. The summed E-state index contributed by atoms with van der Waals surface area (Å²) in [5.74, 6) is 0.366. The summed E-state index contributed by atoms with van der Waals surface area (Å²) in [7, 11) is 1.73. The molecule has 3 aromatic heterocycles. The Kier molecular flexibility index (Phi) is 6.19. The number of nitrogens with one attached hydrogen (secondary N) is 3. The van der Waals surface area contributed by atoms with Gasteiger partial charge in [0.25, 0.3) is 0 Å². The van der Waals surface area contributed by atoms with Crippen molar-refractivity contribution >= 4 is 38.1 Å². The third kappa shape index (κ3) is 3.81. The molecule has 4 aromatic rings. The van der Waals surface area contributed by atoms with Crippen molar-refractivity contribution in [3.63, 3.8) is 0 Å². The average Bonchev–Trinajstić information content (AvgIpc) is 3.50. The number of methoxy groups -OCH3 is 1. The quantitative estimate of drug-likeness (QED) is 0.321. The number of fused-ring (bicyclic) bond motifs is 2. The van der Waals surface area contributed by atoms with Crippen molar-refractivity contribution in [2.24, 2.45) is 0 Å². The van der Waals surface area contributed by atoms with Gasteiger partial charge in [0.05, 0.1) is 28.2 Å². The van der Waals surface area contributed by atoms with Gasteiger partial charge in [-0.05, 0) is 36.5 Å². The number of anilines is 1. The standard InChI is InChI=1S/C24H31N5O2S/c1-3-15(6-11-30)16-4-5-18-19(12-16)26-21(23(18)29-9-7-25-8-10-29)22-24-20(27-28-22)13-17(32-24)14-31-2/h4-5,12-13,15,25-26,30H,3,6-11,14H2,1-2H3,(H,27,28). The van der Waals surface area contributed by atoms with E-state index < -0.39 is 0 Å². The van der Waals surface area contributed by atoms with Gasteiger partial charge in [-0.1, -0.05) is 19.1 Å². The fourth-order valence-corrected chi connectivity index (χ4v) is 5.93. The number of benzene rings is 1. The first-order valence-electron chi connectivity index (χ1n) is 11.4. The molecule has 7 nitrogen and oxygen atoms in total. The van der Waals surface area contributed by atoms with Crippen molar-refractivity contribution < 1.29 is 9.84 Å². The Morgan fingerprint density at radius 1 is 1.22 bits per heavy atom. The summed E-state index contributed by atoms with van der Waals surface area (Å²) < 4.78 is 6.50. The molecule has 5 rings (SSSR count). The average molecular weight is 454 g/mol. The monoisotopic (exact) mass is 453 g/mol. The molecule has 0 aliphatic carbocycles. The Balaban J connectivity index is 1.66. The fourth-order valence-electron chi connectivity index (χ4n) is 4.86. The molecule has 0 bridgehead atoms. The molecule has 0 radical (unpaired) electrons. The van der Waals surface area contributed by atoms with Gasteiger partial charge in [0.1, 0.15) is 5.69 Å². The molecule has 0 saturated carbocycles. The fraction of sp³-hybridized carbons (Fsp3) is 0.458. The first-order chi connectivity index (χ1) is 15.7. The molecule has 1 fully saturated rings. The third-order valence-electron chi connectivity index (χ3n) is 6.48. The van der Waals surface area contributed by atoms with Crippen molar-refractivity contribution in [1.29, 1.82) is 0 Å². The van der Waals surface area contributed by atoms with E-state index in [4.69, 9.17) is 9.84 Å². The normalized spacial score (nSPS) is 15.8. The number of thiophene rings is 1. The number of aliphatic hydroxyl groups excluding tert-OH is 1. The minimum atomic E-state index is 0.214. The SMILES string of the molecule is CCC(CCO)c1ccc2c(N3CCNCC3)c(-c3n[nH]c4cc(COC)sc34)[nH]c2c1. The zero-order valence-corrected chi connectivity index (χ0v) is 19.5. The summed E-state index contributed by atoms with van der Waals surface area (Å²) in [6, 6.07) is 8.88. The number of ether oxygens (including phenoxy) is 1. The molecular weight excluding hydrogens is 422 g/mol. The lowest BCUT2D eigenvalue weighted by molar-refractivity contribution is 0.187. The minimum absolute atomic E-state index is 0.214. The van der Waals surface area contributed by atoms with Gasteiger partial charge in [0.15, 0.2) is 0 Å². The van der Waals surface area contributed by atoms with Crippen LogP contribution in [0.15, 0.2) is 24.3 Å². The van der Waals surface area contributed by atoms with Crippen molar-refractivity contribution in [2.75, 3.05) is 44.8 Å². The van der Waals surface area contributed by atoms with Gasteiger partial charge in [-0.2, -0.15) is 5.10 Å². The highest BCUT2D eigenvalue weighted by Crippen LogP contribution is 2.42. The lowest BCUT2D eigenvalue weighted by Crippen LogP contribution is -2.43. The Labute approximate surface area is 191 Å². The zero-order chi connectivity index (χ0) is 22.1. The zero-order valence-electron chi connectivity index (χ0n) is 18.7. The van der Waals surface area contributed by atoms with Crippen LogP contribution in [0.4, 0.5) is 5.69 Å². The van der Waals surface area contributed by atoms with E-state index in [-0.39, 0.29) is 6.61 Å². The summed E-state index contributed by atoms with van der Waals surface area (Å²) in [5, 5.41) is 22.1. The minimum Gasteiger partial charge on any atom is -0.396 e. The predicted octanol–water partition coefficient (Wildman–Crippen LogP) is 4.20. The van der Waals surface area contributed by atoms with Crippen LogP contribution >= 0.6 is 11.3 Å². The molecule has 4 heterocycles. The van der Waals surface area contributed by atoms with Crippen molar-refractivity contribution in [1.82, 2.24) is 20.5 Å². The first-order valence-corrected chi connectivity index (χ1v) is 12.2. The lowest BCUT2D eigenvalue weighted by atomic mass is 9.93. The van der Waals surface area contributed by atoms with Crippen LogP contribution in [-0.2, 0) is 11.3 Å². The molecule has 8 heteroatoms. The number of aliphatic hydroxyl groups is 1. The van der Waals surface area contributed by atoms with Gasteiger partial charge >= 0.3 is 0 Å². The van der Waals surface area contributed by atoms with E-state index in [0.29, 0.717) is 12.5 Å². The van der Waals surface area contributed by atoms with Crippen LogP contribution in [0, 0.1) is 0 Å². The summed E-state index contributed by atoms with van der Waals surface area (Å²) >= 11 is 1.74. The Morgan fingerprint density at radius 3 is 2.81 bits per heavy atom. The van der Waals surface area contributed by atoms with E-state index in [1.807, 2.05) is 0 Å². The van der Waals surface area contributed by atoms with Gasteiger partial charge < -0.3 is 25.0 Å². The number of rotatable bonds is 8. The number of hydrogen-bond acceptors (Lipinski definition) is 6. The number of piperazine rings is 1. The van der Waals surface area contributed by atoms with Gasteiger partial charge in [-0.15, -0.1) is 11.3 Å². The van der Waals surface area contributed by atoms with Crippen LogP contribution in [0.5, 0.6) is 0 Å². The topological polar surface area (TPSA) is 89.2 Å². The molecule has 1 saturated heterocycles. The highest BCUT2D eigenvalue weighted by atomic mass is 32.1. The second-order valence-corrected chi connectivity index (χ2v) is 9.61. The Hall–Kier alpha value is -2.39. The highest BCUT2D eigenvalue weighted by Gasteiger charge is 2.25. The van der Waals surface area contributed by atoms with Crippen LogP contribution in [-0.4, -0.2) is 60.2 Å². The van der Waals surface area contributed by atoms with E-state index in [0.717, 1.165) is 66.1 Å². The number of aromatic nitrogens is 3. The maximum Gasteiger partial charge on any atom is 0.128 e. The first kappa shape index (κ1) is 21.5. The molecule has 32 heavy (non-hydrogen) atoms. The Bertz CT molecular complexity index is 1200. The second kappa shape index (κ2) is 9.23. The molecule has 1 atom stereocenters. The third-order valence-corrected chi connectivity index (χ3v) is 7.60. The summed E-state index contributed by atoms with van der Waals surface area (Å²) in [6.07, 6.45) is 1.80. The largest absolute Gasteiger partial charge is 0.396 e. The molecule has 0 spiro atoms. The smallest absolute Gasteiger partial charge is 0.128 e. The number of hydrogen-bond donors (Lipinski definition) is 4. The molecule has 1 unspecified atom stereocenters. The van der Waals surface area contributed by atoms with Crippen LogP contribution in [0.2, 0.25) is 0 Å². The van der Waals surface area contributed by atoms with Crippen molar-refractivity contribution in [2.45, 2.75) is 32.3 Å². The molecule has 1 aromatic carbocycles. The van der Waals surface area contributed by atoms with Crippen LogP contribution < -0.4 is 10.2 Å². The highest BCUT2D eigenvalue weighted by molar-refractivity contribution is 7.19. The number of aromatic amines is 2. The summed E-state index contributed by atoms with van der Waals surface area (Å²) in [5.41, 5.74) is 6.74. The summed E-state index contributed by atoms with van der Waals surface area (Å²) in [4.78, 5) is 7.39. The van der Waals surface area contributed by atoms with Gasteiger partial charge in [-0.3, -0.25) is 5.10 Å². The molecule has 170 valence electrons. The van der Waals surface area contributed by atoms with Gasteiger partial charge in [0, 0.05) is 55.7 Å². The second-order valence-electron chi connectivity index (χ2n) is 8.47. The molecule has 4 N–H and O–H groups in total. The number of H-pyrrole nitrogens is 2. The number of nitrogens with zero attached hydrogens (tertiary/aromatic N) is 2.